The van der Waals surface area contributed by atoms with Crippen LogP contribution in [-0.2, 0) is 104 Å². The molecule has 1 saturated heterocycles. The van der Waals surface area contributed by atoms with E-state index in [9.17, 15) is 14.4 Å². The summed E-state index contributed by atoms with van der Waals surface area (Å²) in [7, 11) is 11.4. The molecular formula is C41H82O23. The van der Waals surface area contributed by atoms with Crippen molar-refractivity contribution in [3.05, 3.63) is 0 Å². The SMILES string of the molecule is COCCOCCOC(=O)CC(=O)OCCOCCOC.COCCOCCOC(C)COC.COCCOCCOCCOC.COCCOCCOCCOCC1COC(=O)O1. The number of cyclic esters (lactones) is 2. The second-order valence-electron chi connectivity index (χ2n) is 12.4. The fraction of sp³-hybridized carbons (Fsp3) is 0.927. The maximum absolute atomic E-state index is 11.3. The summed E-state index contributed by atoms with van der Waals surface area (Å²) in [6.07, 6.45) is -1.21. The molecule has 1 fully saturated rings. The zero-order chi connectivity index (χ0) is 47.8. The Morgan fingerprint density at radius 3 is 1.08 bits per heavy atom. The van der Waals surface area contributed by atoms with Crippen LogP contribution in [0.25, 0.3) is 0 Å². The molecular weight excluding hydrogens is 860 g/mol. The number of ether oxygens (including phenoxy) is 20. The summed E-state index contributed by atoms with van der Waals surface area (Å²) in [6.45, 7) is 15.1. The fourth-order valence-electron chi connectivity index (χ4n) is 3.82. The highest BCUT2D eigenvalue weighted by Crippen LogP contribution is 2.06. The van der Waals surface area contributed by atoms with Crippen molar-refractivity contribution >= 4 is 18.1 Å². The summed E-state index contributed by atoms with van der Waals surface area (Å²) in [5.74, 6) is -1.29. The Labute approximate surface area is 380 Å². The van der Waals surface area contributed by atoms with E-state index in [4.69, 9.17) is 90.0 Å². The highest BCUT2D eigenvalue weighted by atomic mass is 16.8. The number of carbonyl (C=O) groups is 3. The van der Waals surface area contributed by atoms with Gasteiger partial charge in [-0.05, 0) is 6.92 Å². The minimum atomic E-state index is -0.643. The number of hydrogen-bond donors (Lipinski definition) is 0. The number of methoxy groups -OCH3 is 7. The van der Waals surface area contributed by atoms with E-state index in [1.165, 1.54) is 0 Å². The Hall–Kier alpha value is -2.43. The third kappa shape index (κ3) is 59.6. The summed E-state index contributed by atoms with van der Waals surface area (Å²) in [6, 6.07) is 0. The number of rotatable bonds is 43. The molecule has 1 aliphatic rings. The van der Waals surface area contributed by atoms with Crippen molar-refractivity contribution in [2.45, 2.75) is 25.6 Å². The van der Waals surface area contributed by atoms with Crippen LogP contribution in [0, 0.1) is 0 Å². The second kappa shape index (κ2) is 58.6. The Kier molecular flexibility index (Phi) is 60.3. The highest BCUT2D eigenvalue weighted by Gasteiger charge is 2.24. The largest absolute Gasteiger partial charge is 0.508 e. The Morgan fingerprint density at radius 2 is 0.766 bits per heavy atom. The lowest BCUT2D eigenvalue weighted by atomic mass is 10.4. The van der Waals surface area contributed by atoms with Crippen molar-refractivity contribution < 1.29 is 109 Å². The van der Waals surface area contributed by atoms with Crippen LogP contribution in [0.5, 0.6) is 0 Å². The molecule has 1 heterocycles. The minimum absolute atomic E-state index is 0.0932. The summed E-state index contributed by atoms with van der Waals surface area (Å²) < 4.78 is 99.6. The van der Waals surface area contributed by atoms with Crippen molar-refractivity contribution in [2.24, 2.45) is 0 Å². The minimum Gasteiger partial charge on any atom is -0.463 e. The van der Waals surface area contributed by atoms with E-state index in [2.05, 4.69) is 4.74 Å². The molecule has 0 aromatic carbocycles. The van der Waals surface area contributed by atoms with Crippen LogP contribution in [0.15, 0.2) is 0 Å². The smallest absolute Gasteiger partial charge is 0.463 e. The van der Waals surface area contributed by atoms with Gasteiger partial charge in [0.25, 0.3) is 0 Å². The van der Waals surface area contributed by atoms with E-state index in [-0.39, 0.29) is 45.2 Å². The van der Waals surface area contributed by atoms with Crippen LogP contribution in [0.3, 0.4) is 0 Å². The maximum atomic E-state index is 11.3. The van der Waals surface area contributed by atoms with Crippen LogP contribution in [0.4, 0.5) is 4.79 Å². The Balaban J connectivity index is -0.000000795. The molecule has 0 saturated carbocycles. The van der Waals surface area contributed by atoms with Gasteiger partial charge in [0.05, 0.1) is 165 Å². The molecule has 0 spiro atoms. The first kappa shape index (κ1) is 65.8. The van der Waals surface area contributed by atoms with Crippen LogP contribution >= 0.6 is 0 Å². The van der Waals surface area contributed by atoms with Gasteiger partial charge in [-0.2, -0.15) is 0 Å². The molecule has 0 N–H and O–H groups in total. The van der Waals surface area contributed by atoms with Crippen molar-refractivity contribution in [1.29, 1.82) is 0 Å². The Bertz CT molecular complexity index is 901. The molecule has 23 nitrogen and oxygen atoms in total. The molecule has 2 atom stereocenters. The maximum Gasteiger partial charge on any atom is 0.508 e. The van der Waals surface area contributed by atoms with Crippen molar-refractivity contribution in [1.82, 2.24) is 0 Å². The second-order valence-corrected chi connectivity index (χ2v) is 12.4. The number of carbonyl (C=O) groups excluding carboxylic acids is 3. The average molecular weight is 943 g/mol. The summed E-state index contributed by atoms with van der Waals surface area (Å²) in [5, 5.41) is 0. The first-order valence-electron chi connectivity index (χ1n) is 21.1. The summed E-state index contributed by atoms with van der Waals surface area (Å²) in [5.41, 5.74) is 0. The normalized spacial score (nSPS) is 13.3. The highest BCUT2D eigenvalue weighted by molar-refractivity contribution is 5.91. The van der Waals surface area contributed by atoms with Gasteiger partial charge in [0, 0.05) is 49.8 Å². The Morgan fingerprint density at radius 1 is 0.453 bits per heavy atom. The van der Waals surface area contributed by atoms with Gasteiger partial charge in [0.1, 0.15) is 26.2 Å². The van der Waals surface area contributed by atoms with Crippen LogP contribution < -0.4 is 0 Å². The van der Waals surface area contributed by atoms with Gasteiger partial charge in [-0.15, -0.1) is 0 Å². The third-order valence-corrected chi connectivity index (χ3v) is 6.96. The molecule has 2 unspecified atom stereocenters. The van der Waals surface area contributed by atoms with Crippen molar-refractivity contribution in [3.8, 4) is 0 Å². The van der Waals surface area contributed by atoms with E-state index in [0.717, 1.165) is 0 Å². The quantitative estimate of drug-likeness (QED) is 0.0359. The van der Waals surface area contributed by atoms with Gasteiger partial charge in [0.15, 0.2) is 6.10 Å². The lowest BCUT2D eigenvalue weighted by molar-refractivity contribution is -0.156. The van der Waals surface area contributed by atoms with Gasteiger partial charge >= 0.3 is 18.1 Å². The molecule has 384 valence electrons. The van der Waals surface area contributed by atoms with E-state index in [1.807, 2.05) is 6.92 Å². The molecule has 23 heteroatoms. The molecule has 0 amide bonds. The molecule has 1 rings (SSSR count). The first-order chi connectivity index (χ1) is 31.2. The lowest BCUT2D eigenvalue weighted by Crippen LogP contribution is -2.20. The van der Waals surface area contributed by atoms with Gasteiger partial charge in [-0.1, -0.05) is 0 Å². The van der Waals surface area contributed by atoms with Gasteiger partial charge in [-0.3, -0.25) is 9.59 Å². The fourth-order valence-corrected chi connectivity index (χ4v) is 3.82. The van der Waals surface area contributed by atoms with Crippen molar-refractivity contribution in [2.75, 3.05) is 228 Å². The predicted octanol–water partition coefficient (Wildman–Crippen LogP) is 1.02. The van der Waals surface area contributed by atoms with Gasteiger partial charge < -0.3 is 94.7 Å². The van der Waals surface area contributed by atoms with E-state index in [0.29, 0.717) is 145 Å². The monoisotopic (exact) mass is 943 g/mol. The van der Waals surface area contributed by atoms with E-state index in [1.54, 1.807) is 49.8 Å². The molecule has 0 aliphatic carbocycles. The topological polar surface area (TPSA) is 236 Å². The third-order valence-electron chi connectivity index (χ3n) is 6.96. The van der Waals surface area contributed by atoms with E-state index < -0.39 is 24.5 Å². The zero-order valence-corrected chi connectivity index (χ0v) is 39.8. The van der Waals surface area contributed by atoms with Crippen LogP contribution in [0.1, 0.15) is 13.3 Å². The van der Waals surface area contributed by atoms with Crippen LogP contribution in [-0.4, -0.2) is 258 Å². The standard InChI is InChI=1S/C13H24O8.C11H20O7.C9H20O4.C8H18O4/c1-16-3-5-18-7-9-20-12(14)11-13(15)21-10-8-19-6-4-17-2;1-13-2-3-14-4-5-15-6-7-16-8-10-9-17-11(12)18-10;1-9(8-11-3)13-7-6-12-5-4-10-2;1-9-3-5-11-7-8-12-6-4-10-2/h3-11H2,1-2H3;10H,2-9H2,1H3;9H,4-8H2,1-3H3;3-8H2,1-2H3. The molecule has 0 aromatic rings. The number of esters is 2. The molecule has 64 heavy (non-hydrogen) atoms. The van der Waals surface area contributed by atoms with Crippen molar-refractivity contribution in [3.63, 3.8) is 0 Å². The number of hydrogen-bond acceptors (Lipinski definition) is 23. The van der Waals surface area contributed by atoms with Crippen LogP contribution in [0.2, 0.25) is 0 Å². The summed E-state index contributed by atoms with van der Waals surface area (Å²) >= 11 is 0. The molecule has 1 aliphatic heterocycles. The van der Waals surface area contributed by atoms with Gasteiger partial charge in [0.2, 0.25) is 0 Å². The first-order valence-corrected chi connectivity index (χ1v) is 21.1. The lowest BCUT2D eigenvalue weighted by Gasteiger charge is -2.11. The molecule has 0 bridgehead atoms. The zero-order valence-electron chi connectivity index (χ0n) is 39.8. The molecule has 0 radical (unpaired) electrons. The average Bonchev–Trinajstić information content (AvgIpc) is 3.71. The summed E-state index contributed by atoms with van der Waals surface area (Å²) in [4.78, 5) is 33.1. The van der Waals surface area contributed by atoms with Gasteiger partial charge in [-0.25, -0.2) is 4.79 Å². The van der Waals surface area contributed by atoms with E-state index >= 15 is 0 Å². The molecule has 0 aromatic heterocycles. The predicted molar refractivity (Wildman–Crippen MR) is 228 cm³/mol.